The number of hydrogen-bond acceptors (Lipinski definition) is 4. The van der Waals surface area contributed by atoms with Gasteiger partial charge in [0.2, 0.25) is 0 Å². The Morgan fingerprint density at radius 3 is 2.94 bits per heavy atom. The van der Waals surface area contributed by atoms with E-state index in [2.05, 4.69) is 36.1 Å². The van der Waals surface area contributed by atoms with Gasteiger partial charge in [-0.2, -0.15) is 0 Å². The zero-order valence-electron chi connectivity index (χ0n) is 9.90. The molecule has 0 fully saturated rings. The van der Waals surface area contributed by atoms with Crippen molar-refractivity contribution in [2.24, 2.45) is 10.9 Å². The number of nitrogens with one attached hydrogen (secondary N) is 1. The van der Waals surface area contributed by atoms with Crippen LogP contribution in [0.1, 0.15) is 19.4 Å². The van der Waals surface area contributed by atoms with Crippen molar-refractivity contribution in [1.29, 1.82) is 0 Å². The van der Waals surface area contributed by atoms with Gasteiger partial charge < -0.3 is 5.32 Å². The van der Waals surface area contributed by atoms with Crippen LogP contribution >= 0.6 is 11.8 Å². The maximum absolute atomic E-state index is 4.52. The predicted molar refractivity (Wildman–Crippen MR) is 71.1 cm³/mol. The van der Waals surface area contributed by atoms with Crippen LogP contribution in [0.5, 0.6) is 0 Å². The van der Waals surface area contributed by atoms with Crippen molar-refractivity contribution in [3.05, 3.63) is 24.0 Å². The summed E-state index contributed by atoms with van der Waals surface area (Å²) in [6, 6.07) is 2.00. The number of pyridine rings is 1. The summed E-state index contributed by atoms with van der Waals surface area (Å²) in [7, 11) is 0. The number of aryl methyl sites for hydroxylation is 1. The van der Waals surface area contributed by atoms with Gasteiger partial charge in [0.15, 0.2) is 5.17 Å². The van der Waals surface area contributed by atoms with Gasteiger partial charge in [-0.25, -0.2) is 0 Å². The van der Waals surface area contributed by atoms with Crippen LogP contribution in [-0.4, -0.2) is 21.9 Å². The number of thioether (sulfide) groups is 1. The monoisotopic (exact) mass is 235 g/mol. The van der Waals surface area contributed by atoms with Gasteiger partial charge in [0, 0.05) is 11.4 Å². The fraction of sp³-hybridized carbons (Fsp3) is 0.500. The van der Waals surface area contributed by atoms with E-state index in [0.717, 1.165) is 17.4 Å². The van der Waals surface area contributed by atoms with Crippen LogP contribution in [0.4, 0.5) is 5.69 Å². The molecule has 0 aromatic carbocycles. The second kappa shape index (κ2) is 4.87. The van der Waals surface area contributed by atoms with Crippen molar-refractivity contribution in [2.45, 2.75) is 26.0 Å². The van der Waals surface area contributed by atoms with Crippen molar-refractivity contribution in [1.82, 2.24) is 4.98 Å². The fourth-order valence-corrected chi connectivity index (χ4v) is 2.54. The van der Waals surface area contributed by atoms with Crippen molar-refractivity contribution >= 4 is 22.6 Å². The molecule has 16 heavy (non-hydrogen) atoms. The quantitative estimate of drug-likeness (QED) is 0.856. The number of aromatic nitrogens is 1. The lowest BCUT2D eigenvalue weighted by molar-refractivity contribution is 0.621. The molecule has 1 unspecified atom stereocenters. The molecule has 1 aliphatic rings. The molecule has 0 aliphatic carbocycles. The summed E-state index contributed by atoms with van der Waals surface area (Å²) in [4.78, 5) is 8.63. The van der Waals surface area contributed by atoms with E-state index in [4.69, 9.17) is 0 Å². The maximum atomic E-state index is 4.52. The molecule has 0 saturated carbocycles. The summed E-state index contributed by atoms with van der Waals surface area (Å²) in [6.45, 7) is 7.48. The fourth-order valence-electron chi connectivity index (χ4n) is 1.52. The Bertz CT molecular complexity index is 401. The summed E-state index contributed by atoms with van der Waals surface area (Å²) in [5.41, 5.74) is 2.25. The minimum absolute atomic E-state index is 0.611. The van der Waals surface area contributed by atoms with E-state index in [9.17, 15) is 0 Å². The highest BCUT2D eigenvalue weighted by Crippen LogP contribution is 2.28. The normalized spacial score (nSPS) is 20.0. The van der Waals surface area contributed by atoms with Gasteiger partial charge in [-0.3, -0.25) is 9.98 Å². The number of hydrogen-bond donors (Lipinski definition) is 1. The van der Waals surface area contributed by atoms with E-state index in [-0.39, 0.29) is 0 Å². The van der Waals surface area contributed by atoms with Gasteiger partial charge in [-0.15, -0.1) is 0 Å². The summed E-state index contributed by atoms with van der Waals surface area (Å²) < 4.78 is 0. The third kappa shape index (κ3) is 2.55. The van der Waals surface area contributed by atoms with E-state index in [1.54, 1.807) is 6.20 Å². The van der Waals surface area contributed by atoms with Crippen molar-refractivity contribution < 1.29 is 0 Å². The van der Waals surface area contributed by atoms with E-state index >= 15 is 0 Å². The largest absolute Gasteiger partial charge is 0.333 e. The van der Waals surface area contributed by atoms with Crippen LogP contribution in [0.2, 0.25) is 0 Å². The second-order valence-electron chi connectivity index (χ2n) is 4.36. The molecule has 4 heteroatoms. The second-order valence-corrected chi connectivity index (χ2v) is 5.59. The van der Waals surface area contributed by atoms with E-state index in [1.165, 1.54) is 5.56 Å². The lowest BCUT2D eigenvalue weighted by Crippen LogP contribution is -2.13. The minimum atomic E-state index is 0.611. The number of aliphatic imine (C=N–C) groups is 1. The van der Waals surface area contributed by atoms with Gasteiger partial charge in [-0.05, 0) is 24.5 Å². The Morgan fingerprint density at radius 1 is 1.50 bits per heavy atom. The number of anilines is 1. The van der Waals surface area contributed by atoms with E-state index in [0.29, 0.717) is 11.2 Å². The first-order valence-corrected chi connectivity index (χ1v) is 6.43. The topological polar surface area (TPSA) is 37.3 Å². The molecule has 0 amide bonds. The average Bonchev–Trinajstić information content (AvgIpc) is 2.70. The smallest absolute Gasteiger partial charge is 0.161 e. The van der Waals surface area contributed by atoms with Crippen molar-refractivity contribution in [3.63, 3.8) is 0 Å². The first-order valence-electron chi connectivity index (χ1n) is 5.55. The van der Waals surface area contributed by atoms with Gasteiger partial charge in [0.05, 0.1) is 18.4 Å². The zero-order valence-corrected chi connectivity index (χ0v) is 10.7. The van der Waals surface area contributed by atoms with Gasteiger partial charge in [0.25, 0.3) is 0 Å². The molecule has 1 N–H and O–H groups in total. The Morgan fingerprint density at radius 2 is 2.31 bits per heavy atom. The highest BCUT2D eigenvalue weighted by atomic mass is 32.2. The molecule has 2 rings (SSSR count). The van der Waals surface area contributed by atoms with Crippen molar-refractivity contribution in [3.8, 4) is 0 Å². The molecular weight excluding hydrogens is 218 g/mol. The van der Waals surface area contributed by atoms with Crippen LogP contribution in [0.25, 0.3) is 0 Å². The highest BCUT2D eigenvalue weighted by molar-refractivity contribution is 8.15. The lowest BCUT2D eigenvalue weighted by Gasteiger charge is -2.12. The number of rotatable bonds is 2. The van der Waals surface area contributed by atoms with Gasteiger partial charge in [-0.1, -0.05) is 25.6 Å². The Hall–Kier alpha value is -1.03. The lowest BCUT2D eigenvalue weighted by atomic mass is 10.1. The van der Waals surface area contributed by atoms with Gasteiger partial charge in [0.1, 0.15) is 0 Å². The van der Waals surface area contributed by atoms with Crippen LogP contribution in [0.3, 0.4) is 0 Å². The third-order valence-electron chi connectivity index (χ3n) is 2.70. The molecule has 0 saturated heterocycles. The molecule has 1 atom stereocenters. The summed E-state index contributed by atoms with van der Waals surface area (Å²) in [5.74, 6) is 0.669. The molecule has 1 aliphatic heterocycles. The minimum Gasteiger partial charge on any atom is -0.333 e. The molecule has 0 radical (unpaired) electrons. The van der Waals surface area contributed by atoms with E-state index < -0.39 is 0 Å². The molecule has 1 aromatic heterocycles. The van der Waals surface area contributed by atoms with Crippen LogP contribution in [-0.2, 0) is 0 Å². The summed E-state index contributed by atoms with van der Waals surface area (Å²) in [5, 5.41) is 4.98. The number of amidine groups is 1. The van der Waals surface area contributed by atoms with E-state index in [1.807, 2.05) is 24.0 Å². The molecule has 0 spiro atoms. The molecule has 3 nitrogen and oxygen atoms in total. The molecular formula is C12H17N3S. The molecule has 0 bridgehead atoms. The molecule has 2 heterocycles. The predicted octanol–water partition coefficient (Wildman–Crippen LogP) is 2.93. The first kappa shape index (κ1) is 11.5. The van der Waals surface area contributed by atoms with Gasteiger partial charge >= 0.3 is 0 Å². The molecule has 86 valence electrons. The highest BCUT2D eigenvalue weighted by Gasteiger charge is 2.22. The SMILES string of the molecule is Cc1ccncc1NC1=NCC(C(C)C)S1. The standard InChI is InChI=1S/C12H17N3S/c1-8(2)11-7-14-12(16-11)15-10-6-13-5-4-9(10)3/h4-6,8,11H,7H2,1-3H3,(H,14,15). The zero-order chi connectivity index (χ0) is 11.5. The van der Waals surface area contributed by atoms with Crippen LogP contribution in [0, 0.1) is 12.8 Å². The van der Waals surface area contributed by atoms with Crippen LogP contribution in [0.15, 0.2) is 23.5 Å². The summed E-state index contributed by atoms with van der Waals surface area (Å²) in [6.07, 6.45) is 3.65. The average molecular weight is 235 g/mol. The number of nitrogens with zero attached hydrogens (tertiary/aromatic N) is 2. The maximum Gasteiger partial charge on any atom is 0.161 e. The summed E-state index contributed by atoms with van der Waals surface area (Å²) >= 11 is 1.83. The van der Waals surface area contributed by atoms with Crippen LogP contribution < -0.4 is 5.32 Å². The third-order valence-corrected chi connectivity index (χ3v) is 4.15. The Labute approximate surface area is 101 Å². The van der Waals surface area contributed by atoms with Crippen molar-refractivity contribution in [2.75, 3.05) is 11.9 Å². The molecule has 1 aromatic rings. The first-order chi connectivity index (χ1) is 7.66. The Balaban J connectivity index is 2.00. The Kier molecular flexibility index (Phi) is 3.49.